The molecule has 0 saturated heterocycles. The Kier molecular flexibility index (Phi) is 4.31. The molecule has 0 radical (unpaired) electrons. The maximum absolute atomic E-state index is 9.94. The van der Waals surface area contributed by atoms with E-state index in [9.17, 15) is 5.11 Å². The first-order valence-corrected chi connectivity index (χ1v) is 7.40. The SMILES string of the molecule is CCCNC(CO)(Cn1nc(C)c(C)c1C)C1CC1. The summed E-state index contributed by atoms with van der Waals surface area (Å²) >= 11 is 0. The summed E-state index contributed by atoms with van der Waals surface area (Å²) in [5, 5.41) is 18.2. The van der Waals surface area contributed by atoms with E-state index >= 15 is 0 Å². The van der Waals surface area contributed by atoms with Crippen LogP contribution in [0.25, 0.3) is 0 Å². The van der Waals surface area contributed by atoms with Crippen molar-refractivity contribution < 1.29 is 5.11 Å². The monoisotopic (exact) mass is 265 g/mol. The number of aliphatic hydroxyl groups is 1. The minimum Gasteiger partial charge on any atom is -0.394 e. The summed E-state index contributed by atoms with van der Waals surface area (Å²) in [6.45, 7) is 10.4. The second-order valence-electron chi connectivity index (χ2n) is 5.97. The summed E-state index contributed by atoms with van der Waals surface area (Å²) in [6.07, 6.45) is 3.52. The normalized spacial score (nSPS) is 18.6. The van der Waals surface area contributed by atoms with Gasteiger partial charge < -0.3 is 10.4 Å². The van der Waals surface area contributed by atoms with Crippen molar-refractivity contribution in [3.05, 3.63) is 17.0 Å². The minimum atomic E-state index is -0.189. The molecule has 0 amide bonds. The van der Waals surface area contributed by atoms with Gasteiger partial charge in [0.15, 0.2) is 0 Å². The molecule has 2 N–H and O–H groups in total. The second kappa shape index (κ2) is 5.63. The van der Waals surface area contributed by atoms with Crippen molar-refractivity contribution in [3.63, 3.8) is 0 Å². The second-order valence-corrected chi connectivity index (χ2v) is 5.97. The van der Waals surface area contributed by atoms with Crippen molar-refractivity contribution in [1.29, 1.82) is 0 Å². The fraction of sp³-hybridized carbons (Fsp3) is 0.800. The molecule has 1 aliphatic rings. The molecule has 0 bridgehead atoms. The topological polar surface area (TPSA) is 50.1 Å². The lowest BCUT2D eigenvalue weighted by atomic mass is 9.93. The van der Waals surface area contributed by atoms with Crippen molar-refractivity contribution in [2.75, 3.05) is 13.2 Å². The molecule has 1 heterocycles. The minimum absolute atomic E-state index is 0.189. The Balaban J connectivity index is 2.21. The molecule has 4 nitrogen and oxygen atoms in total. The molecule has 4 heteroatoms. The average molecular weight is 265 g/mol. The maximum Gasteiger partial charge on any atom is 0.0641 e. The van der Waals surface area contributed by atoms with Gasteiger partial charge in [-0.1, -0.05) is 6.92 Å². The Labute approximate surface area is 116 Å². The lowest BCUT2D eigenvalue weighted by molar-refractivity contribution is 0.117. The van der Waals surface area contributed by atoms with Crippen molar-refractivity contribution in [2.24, 2.45) is 5.92 Å². The number of aryl methyl sites for hydroxylation is 1. The zero-order valence-electron chi connectivity index (χ0n) is 12.7. The summed E-state index contributed by atoms with van der Waals surface area (Å²) in [5.74, 6) is 0.591. The summed E-state index contributed by atoms with van der Waals surface area (Å²) in [5.41, 5.74) is 3.38. The molecule has 1 saturated carbocycles. The molecular formula is C15H27N3O. The molecule has 19 heavy (non-hydrogen) atoms. The van der Waals surface area contributed by atoms with E-state index in [1.165, 1.54) is 24.1 Å². The molecule has 1 fully saturated rings. The van der Waals surface area contributed by atoms with Crippen LogP contribution in [0.2, 0.25) is 0 Å². The number of nitrogens with one attached hydrogen (secondary N) is 1. The van der Waals surface area contributed by atoms with E-state index in [2.05, 4.69) is 42.8 Å². The molecule has 0 aliphatic heterocycles. The largest absolute Gasteiger partial charge is 0.394 e. The van der Waals surface area contributed by atoms with Gasteiger partial charge in [-0.05, 0) is 58.1 Å². The highest BCUT2D eigenvalue weighted by molar-refractivity contribution is 5.22. The van der Waals surface area contributed by atoms with Crippen molar-refractivity contribution in [3.8, 4) is 0 Å². The third-order valence-electron chi connectivity index (χ3n) is 4.54. The van der Waals surface area contributed by atoms with Gasteiger partial charge in [-0.15, -0.1) is 0 Å². The van der Waals surface area contributed by atoms with Gasteiger partial charge in [0, 0.05) is 5.69 Å². The van der Waals surface area contributed by atoms with E-state index in [1.807, 2.05) is 0 Å². The van der Waals surface area contributed by atoms with Gasteiger partial charge in [0.1, 0.15) is 0 Å². The van der Waals surface area contributed by atoms with E-state index in [0.29, 0.717) is 5.92 Å². The maximum atomic E-state index is 9.94. The lowest BCUT2D eigenvalue weighted by Crippen LogP contribution is -2.54. The number of hydrogen-bond donors (Lipinski definition) is 2. The van der Waals surface area contributed by atoms with Gasteiger partial charge in [0.05, 0.1) is 24.4 Å². The Morgan fingerprint density at radius 1 is 1.37 bits per heavy atom. The number of rotatable bonds is 7. The Hall–Kier alpha value is -0.870. The van der Waals surface area contributed by atoms with Gasteiger partial charge in [-0.25, -0.2) is 0 Å². The van der Waals surface area contributed by atoms with Gasteiger partial charge in [-0.2, -0.15) is 5.10 Å². The van der Waals surface area contributed by atoms with Crippen LogP contribution in [0.4, 0.5) is 0 Å². The molecule has 1 aliphatic carbocycles. The molecule has 0 aromatic carbocycles. The van der Waals surface area contributed by atoms with Crippen molar-refractivity contribution in [1.82, 2.24) is 15.1 Å². The summed E-state index contributed by atoms with van der Waals surface area (Å²) in [6, 6.07) is 0. The van der Waals surface area contributed by atoms with E-state index in [0.717, 1.165) is 25.2 Å². The Morgan fingerprint density at radius 3 is 2.47 bits per heavy atom. The molecule has 1 atom stereocenters. The molecule has 1 unspecified atom stereocenters. The van der Waals surface area contributed by atoms with Crippen LogP contribution in [0.1, 0.15) is 43.1 Å². The van der Waals surface area contributed by atoms with E-state index in [-0.39, 0.29) is 12.1 Å². The zero-order valence-corrected chi connectivity index (χ0v) is 12.7. The zero-order chi connectivity index (χ0) is 14.0. The van der Waals surface area contributed by atoms with E-state index in [1.54, 1.807) is 0 Å². The fourth-order valence-corrected chi connectivity index (χ4v) is 2.78. The fourth-order valence-electron chi connectivity index (χ4n) is 2.78. The van der Waals surface area contributed by atoms with Crippen LogP contribution < -0.4 is 5.32 Å². The summed E-state index contributed by atoms with van der Waals surface area (Å²) < 4.78 is 2.07. The van der Waals surface area contributed by atoms with Crippen LogP contribution in [0.15, 0.2) is 0 Å². The van der Waals surface area contributed by atoms with Gasteiger partial charge >= 0.3 is 0 Å². The van der Waals surface area contributed by atoms with Gasteiger partial charge in [-0.3, -0.25) is 4.68 Å². The molecule has 1 aromatic rings. The number of hydrogen-bond acceptors (Lipinski definition) is 3. The summed E-state index contributed by atoms with van der Waals surface area (Å²) in [7, 11) is 0. The number of aliphatic hydroxyl groups excluding tert-OH is 1. The Morgan fingerprint density at radius 2 is 2.05 bits per heavy atom. The van der Waals surface area contributed by atoms with Crippen LogP contribution in [0.5, 0.6) is 0 Å². The van der Waals surface area contributed by atoms with E-state index < -0.39 is 0 Å². The predicted octanol–water partition coefficient (Wildman–Crippen LogP) is 1.95. The van der Waals surface area contributed by atoms with Crippen LogP contribution in [0.3, 0.4) is 0 Å². The first-order chi connectivity index (χ1) is 9.04. The van der Waals surface area contributed by atoms with Gasteiger partial charge in [0.2, 0.25) is 0 Å². The number of aromatic nitrogens is 2. The number of nitrogens with zero attached hydrogens (tertiary/aromatic N) is 2. The van der Waals surface area contributed by atoms with Crippen LogP contribution in [-0.2, 0) is 6.54 Å². The van der Waals surface area contributed by atoms with Crippen molar-refractivity contribution >= 4 is 0 Å². The quantitative estimate of drug-likeness (QED) is 0.792. The van der Waals surface area contributed by atoms with E-state index in [4.69, 9.17) is 0 Å². The standard InChI is InChI=1S/C15H27N3O/c1-5-8-16-15(10-19,14-6-7-14)9-18-13(4)11(2)12(3)17-18/h14,16,19H,5-10H2,1-4H3. The molecule has 1 aromatic heterocycles. The smallest absolute Gasteiger partial charge is 0.0641 e. The molecule has 108 valence electrons. The Bertz CT molecular complexity index is 437. The van der Waals surface area contributed by atoms with Crippen LogP contribution >= 0.6 is 0 Å². The highest BCUT2D eigenvalue weighted by Gasteiger charge is 2.45. The lowest BCUT2D eigenvalue weighted by Gasteiger charge is -2.34. The molecule has 2 rings (SSSR count). The third-order valence-corrected chi connectivity index (χ3v) is 4.54. The summed E-state index contributed by atoms with van der Waals surface area (Å²) in [4.78, 5) is 0. The van der Waals surface area contributed by atoms with Crippen LogP contribution in [-0.4, -0.2) is 33.6 Å². The van der Waals surface area contributed by atoms with Crippen molar-refractivity contribution in [2.45, 2.75) is 59.0 Å². The molecule has 0 spiro atoms. The third kappa shape index (κ3) is 2.84. The van der Waals surface area contributed by atoms with Gasteiger partial charge in [0.25, 0.3) is 0 Å². The highest BCUT2D eigenvalue weighted by atomic mass is 16.3. The molecular weight excluding hydrogens is 238 g/mol. The highest BCUT2D eigenvalue weighted by Crippen LogP contribution is 2.40. The first kappa shape index (κ1) is 14.5. The first-order valence-electron chi connectivity index (χ1n) is 7.40. The predicted molar refractivity (Wildman–Crippen MR) is 77.3 cm³/mol. The average Bonchev–Trinajstić information content (AvgIpc) is 3.22. The van der Waals surface area contributed by atoms with Crippen LogP contribution in [0, 0.1) is 26.7 Å².